The Labute approximate surface area is 132 Å². The Bertz CT molecular complexity index is 565. The first-order chi connectivity index (χ1) is 10.4. The fraction of sp³-hybridized carbons (Fsp3) is 0.789. The zero-order valence-corrected chi connectivity index (χ0v) is 13.5. The Morgan fingerprint density at radius 3 is 2.73 bits per heavy atom. The van der Waals surface area contributed by atoms with Crippen molar-refractivity contribution in [3.05, 3.63) is 12.2 Å². The first-order valence-electron chi connectivity index (χ1n) is 8.79. The van der Waals surface area contributed by atoms with Gasteiger partial charge in [-0.3, -0.25) is 9.59 Å². The van der Waals surface area contributed by atoms with Crippen LogP contribution in [-0.4, -0.2) is 22.8 Å². The van der Waals surface area contributed by atoms with Crippen LogP contribution in [0, 0.1) is 34.5 Å². The van der Waals surface area contributed by atoms with Gasteiger partial charge in [-0.1, -0.05) is 19.9 Å². The molecule has 3 saturated carbocycles. The van der Waals surface area contributed by atoms with Crippen molar-refractivity contribution in [2.45, 2.75) is 58.5 Å². The summed E-state index contributed by atoms with van der Waals surface area (Å²) >= 11 is 0. The topological polar surface area (TPSA) is 54.4 Å². The van der Waals surface area contributed by atoms with Gasteiger partial charge in [0.15, 0.2) is 5.78 Å². The van der Waals surface area contributed by atoms with Gasteiger partial charge in [0.05, 0.1) is 6.10 Å². The van der Waals surface area contributed by atoms with Crippen LogP contribution in [0.15, 0.2) is 12.2 Å². The van der Waals surface area contributed by atoms with Crippen molar-refractivity contribution in [2.75, 3.05) is 0 Å². The largest absolute Gasteiger partial charge is 0.393 e. The summed E-state index contributed by atoms with van der Waals surface area (Å²) in [6, 6.07) is 0. The lowest BCUT2D eigenvalue weighted by Crippen LogP contribution is -2.58. The number of hydrogen-bond acceptors (Lipinski definition) is 3. The molecular weight excluding hydrogens is 276 g/mol. The Kier molecular flexibility index (Phi) is 3.01. The molecule has 0 spiro atoms. The molecular formula is C19H26O3. The molecule has 0 radical (unpaired) electrons. The first-order valence-corrected chi connectivity index (χ1v) is 8.79. The van der Waals surface area contributed by atoms with Gasteiger partial charge in [-0.05, 0) is 60.8 Å². The van der Waals surface area contributed by atoms with Gasteiger partial charge in [0.25, 0.3) is 0 Å². The fourth-order valence-corrected chi connectivity index (χ4v) is 6.37. The van der Waals surface area contributed by atoms with Crippen LogP contribution in [0.4, 0.5) is 0 Å². The lowest BCUT2D eigenvalue weighted by atomic mass is 9.44. The van der Waals surface area contributed by atoms with Gasteiger partial charge in [-0.2, -0.15) is 0 Å². The number of allylic oxidation sites excluding steroid dienone is 2. The van der Waals surface area contributed by atoms with Crippen molar-refractivity contribution in [1.29, 1.82) is 0 Å². The number of fused-ring (bicyclic) bond motifs is 5. The predicted octanol–water partition coefficient (Wildman–Crippen LogP) is 2.91. The second kappa shape index (κ2) is 4.53. The average Bonchev–Trinajstić information content (AvgIpc) is 2.77. The molecule has 0 saturated heterocycles. The minimum absolute atomic E-state index is 0.0665. The number of ketones is 2. The fourth-order valence-electron chi connectivity index (χ4n) is 6.37. The quantitative estimate of drug-likeness (QED) is 0.748. The highest BCUT2D eigenvalue weighted by molar-refractivity contribution is 5.97. The lowest BCUT2D eigenvalue weighted by molar-refractivity contribution is -0.162. The van der Waals surface area contributed by atoms with Gasteiger partial charge in [-0.15, -0.1) is 0 Å². The summed E-state index contributed by atoms with van der Waals surface area (Å²) in [6.07, 6.45) is 8.42. The second-order valence-corrected chi connectivity index (χ2v) is 8.63. The minimum atomic E-state index is -0.387. The number of carbonyl (C=O) groups excluding carboxylic acids is 2. The van der Waals surface area contributed by atoms with Crippen LogP contribution in [0.3, 0.4) is 0 Å². The molecule has 3 fully saturated rings. The monoisotopic (exact) mass is 302 g/mol. The molecule has 0 aromatic heterocycles. The third-order valence-electron chi connectivity index (χ3n) is 7.77. The first kappa shape index (κ1) is 14.6. The Balaban J connectivity index is 1.71. The minimum Gasteiger partial charge on any atom is -0.393 e. The van der Waals surface area contributed by atoms with Crippen LogP contribution in [-0.2, 0) is 9.59 Å². The van der Waals surface area contributed by atoms with Crippen molar-refractivity contribution in [3.63, 3.8) is 0 Å². The van der Waals surface area contributed by atoms with E-state index < -0.39 is 0 Å². The van der Waals surface area contributed by atoms with Crippen molar-refractivity contribution >= 4 is 11.6 Å². The van der Waals surface area contributed by atoms with Crippen molar-refractivity contribution < 1.29 is 14.7 Å². The third kappa shape index (κ3) is 1.72. The number of aliphatic hydroxyl groups excluding tert-OH is 1. The molecule has 0 aliphatic heterocycles. The van der Waals surface area contributed by atoms with Crippen molar-refractivity contribution in [2.24, 2.45) is 34.5 Å². The van der Waals surface area contributed by atoms with E-state index in [0.717, 1.165) is 25.7 Å². The molecule has 4 aliphatic carbocycles. The Hall–Kier alpha value is -0.960. The van der Waals surface area contributed by atoms with Crippen LogP contribution in [0.2, 0.25) is 0 Å². The van der Waals surface area contributed by atoms with E-state index in [1.54, 1.807) is 6.08 Å². The number of rotatable bonds is 0. The summed E-state index contributed by atoms with van der Waals surface area (Å²) in [4.78, 5) is 24.2. The molecule has 4 rings (SSSR count). The molecule has 120 valence electrons. The van der Waals surface area contributed by atoms with E-state index in [0.29, 0.717) is 30.5 Å². The van der Waals surface area contributed by atoms with Gasteiger partial charge in [-0.25, -0.2) is 0 Å². The highest BCUT2D eigenvalue weighted by Crippen LogP contribution is 2.64. The summed E-state index contributed by atoms with van der Waals surface area (Å²) in [5.41, 5.74) is -0.175. The normalized spacial score (nSPS) is 53.9. The molecule has 3 heteroatoms. The SMILES string of the molecule is C[C@]12CCC(=O)CC1[C@H](O)C[C@@H]1[C@@H]2CC[C@]2(C)C(=O)C=C[C@@H]12. The molecule has 7 atom stereocenters. The zero-order valence-electron chi connectivity index (χ0n) is 13.5. The lowest BCUT2D eigenvalue weighted by Gasteiger charge is -2.60. The van der Waals surface area contributed by atoms with Crippen LogP contribution < -0.4 is 0 Å². The van der Waals surface area contributed by atoms with E-state index in [9.17, 15) is 14.7 Å². The number of carbonyl (C=O) groups is 2. The van der Waals surface area contributed by atoms with Crippen molar-refractivity contribution in [1.82, 2.24) is 0 Å². The molecule has 4 aliphatic rings. The van der Waals surface area contributed by atoms with Gasteiger partial charge in [0, 0.05) is 18.3 Å². The Morgan fingerprint density at radius 2 is 1.95 bits per heavy atom. The van der Waals surface area contributed by atoms with E-state index in [2.05, 4.69) is 19.9 Å². The summed E-state index contributed by atoms with van der Waals surface area (Å²) < 4.78 is 0. The highest BCUT2D eigenvalue weighted by atomic mass is 16.3. The van der Waals surface area contributed by atoms with E-state index in [-0.39, 0.29) is 34.6 Å². The van der Waals surface area contributed by atoms with E-state index in [4.69, 9.17) is 0 Å². The Morgan fingerprint density at radius 1 is 1.18 bits per heavy atom. The molecule has 22 heavy (non-hydrogen) atoms. The zero-order chi connectivity index (χ0) is 15.7. The van der Waals surface area contributed by atoms with Crippen LogP contribution in [0.5, 0.6) is 0 Å². The number of aliphatic hydroxyl groups is 1. The molecule has 0 aromatic carbocycles. The van der Waals surface area contributed by atoms with Gasteiger partial charge >= 0.3 is 0 Å². The molecule has 0 heterocycles. The molecule has 0 amide bonds. The standard InChI is InChI=1S/C19H26O3/c1-18-7-5-11(20)9-15(18)16(21)10-12-13-3-4-17(22)19(13,2)8-6-14(12)18/h3-4,12-16,21H,5-10H2,1-2H3/t12-,13-,14-,15?,16+,18+,19-/m0/s1. The van der Waals surface area contributed by atoms with Gasteiger partial charge < -0.3 is 5.11 Å². The average molecular weight is 302 g/mol. The molecule has 1 N–H and O–H groups in total. The third-order valence-corrected chi connectivity index (χ3v) is 7.77. The van der Waals surface area contributed by atoms with E-state index >= 15 is 0 Å². The maximum atomic E-state index is 12.3. The summed E-state index contributed by atoms with van der Waals surface area (Å²) in [6.45, 7) is 4.41. The maximum Gasteiger partial charge on any atom is 0.161 e. The summed E-state index contributed by atoms with van der Waals surface area (Å²) in [5, 5.41) is 10.7. The maximum absolute atomic E-state index is 12.3. The molecule has 0 bridgehead atoms. The predicted molar refractivity (Wildman–Crippen MR) is 83.0 cm³/mol. The second-order valence-electron chi connectivity index (χ2n) is 8.63. The number of Topliss-reactive ketones (excluding diaryl/α,β-unsaturated/α-hetero) is 1. The molecule has 1 unspecified atom stereocenters. The van der Waals surface area contributed by atoms with Crippen molar-refractivity contribution in [3.8, 4) is 0 Å². The summed E-state index contributed by atoms with van der Waals surface area (Å²) in [7, 11) is 0. The highest BCUT2D eigenvalue weighted by Gasteiger charge is 2.61. The van der Waals surface area contributed by atoms with Gasteiger partial charge in [0.1, 0.15) is 5.78 Å². The van der Waals surface area contributed by atoms with E-state index in [1.165, 1.54) is 0 Å². The molecule has 0 aromatic rings. The van der Waals surface area contributed by atoms with Crippen LogP contribution in [0.1, 0.15) is 52.4 Å². The summed E-state index contributed by atoms with van der Waals surface area (Å²) in [5.74, 6) is 1.94. The smallest absolute Gasteiger partial charge is 0.161 e. The molecule has 3 nitrogen and oxygen atoms in total. The van der Waals surface area contributed by atoms with Gasteiger partial charge in [0.2, 0.25) is 0 Å². The number of hydrogen-bond donors (Lipinski definition) is 1. The van der Waals surface area contributed by atoms with Crippen LogP contribution >= 0.6 is 0 Å². The van der Waals surface area contributed by atoms with E-state index in [1.807, 2.05) is 0 Å². The van der Waals surface area contributed by atoms with Crippen LogP contribution in [0.25, 0.3) is 0 Å².